The van der Waals surface area contributed by atoms with Crippen molar-refractivity contribution in [3.8, 4) is 0 Å². The summed E-state index contributed by atoms with van der Waals surface area (Å²) in [7, 11) is 0. The molecule has 0 aromatic carbocycles. The van der Waals surface area contributed by atoms with Gasteiger partial charge in [0.25, 0.3) is 0 Å². The number of rotatable bonds is 7. The van der Waals surface area contributed by atoms with Crippen LogP contribution in [0.5, 0.6) is 0 Å². The van der Waals surface area contributed by atoms with Gasteiger partial charge in [-0.3, -0.25) is 14.4 Å². The molecule has 0 rings (SSSR count). The van der Waals surface area contributed by atoms with Crippen molar-refractivity contribution in [1.29, 1.82) is 0 Å². The molecule has 2 amide bonds. The molecule has 0 saturated heterocycles. The smallest absolute Gasteiger partial charge is 0.242 e. The molecule has 0 radical (unpaired) electrons. The van der Waals surface area contributed by atoms with Crippen molar-refractivity contribution in [2.45, 2.75) is 45.1 Å². The number of Topliss-reactive ketones (excluding diaryl/α,β-unsaturated/α-hetero) is 1. The second-order valence-corrected chi connectivity index (χ2v) is 4.26. The molecule has 19 heavy (non-hydrogen) atoms. The molecule has 0 aromatic heterocycles. The van der Waals surface area contributed by atoms with Crippen LogP contribution < -0.4 is 10.6 Å². The molecule has 4 atom stereocenters. The lowest BCUT2D eigenvalue weighted by atomic mass is 10.0. The van der Waals surface area contributed by atoms with E-state index in [1.54, 1.807) is 0 Å². The van der Waals surface area contributed by atoms with Gasteiger partial charge in [0, 0.05) is 6.92 Å². The van der Waals surface area contributed by atoms with E-state index in [9.17, 15) is 24.6 Å². The van der Waals surface area contributed by atoms with Gasteiger partial charge >= 0.3 is 0 Å². The summed E-state index contributed by atoms with van der Waals surface area (Å²) in [5.41, 5.74) is 0. The number of aliphatic hydroxyl groups is 3. The van der Waals surface area contributed by atoms with Crippen molar-refractivity contribution >= 4 is 17.6 Å². The van der Waals surface area contributed by atoms with E-state index >= 15 is 0 Å². The molecule has 0 saturated carbocycles. The van der Waals surface area contributed by atoms with E-state index in [0.29, 0.717) is 0 Å². The Balaban J connectivity index is 4.78. The summed E-state index contributed by atoms with van der Waals surface area (Å²) in [5.74, 6) is -1.97. The Kier molecular flexibility index (Phi) is 7.20. The number of hydrogen-bond donors (Lipinski definition) is 5. The van der Waals surface area contributed by atoms with Crippen LogP contribution in [-0.4, -0.2) is 63.8 Å². The highest BCUT2D eigenvalue weighted by Crippen LogP contribution is 2.02. The summed E-state index contributed by atoms with van der Waals surface area (Å²) >= 11 is 0. The lowest BCUT2D eigenvalue weighted by Gasteiger charge is -2.25. The summed E-state index contributed by atoms with van der Waals surface area (Å²) < 4.78 is 0. The molecular weight excluding hydrogens is 256 g/mol. The summed E-state index contributed by atoms with van der Waals surface area (Å²) in [6, 6.07) is -2.35. The SMILES string of the molecule is CC(=O)N[C@@H](C)C(=O)N[C@H](C(=O)CO)[C@H](O)[C@@H](C)O. The Labute approximate surface area is 110 Å². The highest BCUT2D eigenvalue weighted by atomic mass is 16.3. The molecule has 0 bridgehead atoms. The minimum atomic E-state index is -1.55. The number of carbonyl (C=O) groups is 3. The molecule has 0 aliphatic rings. The maximum absolute atomic E-state index is 11.7. The van der Waals surface area contributed by atoms with E-state index in [0.717, 1.165) is 0 Å². The van der Waals surface area contributed by atoms with Gasteiger partial charge in [-0.05, 0) is 13.8 Å². The third kappa shape index (κ3) is 5.77. The first-order chi connectivity index (χ1) is 8.70. The maximum Gasteiger partial charge on any atom is 0.242 e. The number of nitrogens with one attached hydrogen (secondary N) is 2. The molecule has 5 N–H and O–H groups in total. The predicted octanol–water partition coefficient (Wildman–Crippen LogP) is -2.70. The third-order valence-corrected chi connectivity index (χ3v) is 2.45. The third-order valence-electron chi connectivity index (χ3n) is 2.45. The van der Waals surface area contributed by atoms with Crippen LogP contribution in [0.2, 0.25) is 0 Å². The van der Waals surface area contributed by atoms with Gasteiger partial charge in [0.2, 0.25) is 11.8 Å². The highest BCUT2D eigenvalue weighted by Gasteiger charge is 2.32. The zero-order valence-electron chi connectivity index (χ0n) is 11.1. The van der Waals surface area contributed by atoms with E-state index in [4.69, 9.17) is 5.11 Å². The lowest BCUT2D eigenvalue weighted by Crippen LogP contribution is -2.57. The van der Waals surface area contributed by atoms with Crippen LogP contribution in [0, 0.1) is 0 Å². The molecule has 0 heterocycles. The van der Waals surface area contributed by atoms with E-state index in [-0.39, 0.29) is 0 Å². The molecule has 8 heteroatoms. The van der Waals surface area contributed by atoms with Gasteiger partial charge < -0.3 is 26.0 Å². The number of ketones is 1. The van der Waals surface area contributed by atoms with Crippen LogP contribution in [0.3, 0.4) is 0 Å². The van der Waals surface area contributed by atoms with Crippen molar-refractivity contribution in [2.24, 2.45) is 0 Å². The van der Waals surface area contributed by atoms with E-state index < -0.39 is 48.5 Å². The first-order valence-electron chi connectivity index (χ1n) is 5.77. The van der Waals surface area contributed by atoms with Crippen molar-refractivity contribution in [3.63, 3.8) is 0 Å². The minimum absolute atomic E-state index is 0.427. The van der Waals surface area contributed by atoms with Crippen LogP contribution in [-0.2, 0) is 14.4 Å². The fraction of sp³-hybridized carbons (Fsp3) is 0.727. The van der Waals surface area contributed by atoms with Gasteiger partial charge in [-0.2, -0.15) is 0 Å². The number of hydrogen-bond acceptors (Lipinski definition) is 6. The van der Waals surface area contributed by atoms with Crippen molar-refractivity contribution in [2.75, 3.05) is 6.61 Å². The topological polar surface area (TPSA) is 136 Å². The van der Waals surface area contributed by atoms with Gasteiger partial charge in [0.1, 0.15) is 24.8 Å². The highest BCUT2D eigenvalue weighted by molar-refractivity contribution is 5.93. The number of aliphatic hydroxyl groups excluding tert-OH is 3. The first kappa shape index (κ1) is 17.5. The standard InChI is InChI=1S/C11H20N2O6/c1-5(12-7(3)16)11(19)13-9(8(17)4-14)10(18)6(2)15/h5-6,9-10,14-15,18H,4H2,1-3H3,(H,12,16)(H,13,19)/t5-,6+,9+,10+/m0/s1. The Hall–Kier alpha value is -1.51. The second kappa shape index (κ2) is 7.82. The van der Waals surface area contributed by atoms with Crippen LogP contribution in [0.25, 0.3) is 0 Å². The molecule has 0 fully saturated rings. The zero-order valence-corrected chi connectivity index (χ0v) is 11.1. The molecule has 0 spiro atoms. The summed E-state index contributed by atoms with van der Waals surface area (Å²) in [6.07, 6.45) is -2.81. The second-order valence-electron chi connectivity index (χ2n) is 4.26. The Morgan fingerprint density at radius 3 is 2.00 bits per heavy atom. The number of carbonyl (C=O) groups excluding carboxylic acids is 3. The van der Waals surface area contributed by atoms with Crippen molar-refractivity contribution < 1.29 is 29.7 Å². The summed E-state index contributed by atoms with van der Waals surface area (Å²) in [6.45, 7) is 2.98. The molecule has 110 valence electrons. The Morgan fingerprint density at radius 1 is 1.11 bits per heavy atom. The molecule has 0 unspecified atom stereocenters. The Bertz CT molecular complexity index is 344. The average Bonchev–Trinajstić information content (AvgIpc) is 2.32. The van der Waals surface area contributed by atoms with Crippen LogP contribution >= 0.6 is 0 Å². The predicted molar refractivity (Wildman–Crippen MR) is 65.0 cm³/mol. The quantitative estimate of drug-likeness (QED) is 0.343. The normalized spacial score (nSPS) is 16.9. The van der Waals surface area contributed by atoms with Gasteiger partial charge in [0.05, 0.1) is 6.10 Å². The van der Waals surface area contributed by atoms with Gasteiger partial charge in [0.15, 0.2) is 5.78 Å². The Morgan fingerprint density at radius 2 is 1.63 bits per heavy atom. The molecular formula is C11H20N2O6. The van der Waals surface area contributed by atoms with Crippen molar-refractivity contribution in [3.05, 3.63) is 0 Å². The summed E-state index contributed by atoms with van der Waals surface area (Å²) in [4.78, 5) is 33.9. The van der Waals surface area contributed by atoms with Crippen LogP contribution in [0.4, 0.5) is 0 Å². The number of amides is 2. The fourth-order valence-corrected chi connectivity index (χ4v) is 1.38. The van der Waals surface area contributed by atoms with Crippen molar-refractivity contribution in [1.82, 2.24) is 10.6 Å². The van der Waals surface area contributed by atoms with Crippen LogP contribution in [0.15, 0.2) is 0 Å². The maximum atomic E-state index is 11.7. The van der Waals surface area contributed by atoms with Gasteiger partial charge in [-0.15, -0.1) is 0 Å². The molecule has 0 aliphatic carbocycles. The largest absolute Gasteiger partial charge is 0.391 e. The van der Waals surface area contributed by atoms with E-state index in [1.165, 1.54) is 20.8 Å². The van der Waals surface area contributed by atoms with Crippen LogP contribution in [0.1, 0.15) is 20.8 Å². The van der Waals surface area contributed by atoms with E-state index in [2.05, 4.69) is 10.6 Å². The minimum Gasteiger partial charge on any atom is -0.391 e. The monoisotopic (exact) mass is 276 g/mol. The van der Waals surface area contributed by atoms with E-state index in [1.807, 2.05) is 0 Å². The summed E-state index contributed by atoms with van der Waals surface area (Å²) in [5, 5.41) is 32.1. The molecule has 0 aromatic rings. The van der Waals surface area contributed by atoms with Gasteiger partial charge in [-0.25, -0.2) is 0 Å². The first-order valence-corrected chi connectivity index (χ1v) is 5.77. The van der Waals surface area contributed by atoms with Gasteiger partial charge in [-0.1, -0.05) is 0 Å². The molecule has 8 nitrogen and oxygen atoms in total. The zero-order chi connectivity index (χ0) is 15.2. The lowest BCUT2D eigenvalue weighted by molar-refractivity contribution is -0.135. The fourth-order valence-electron chi connectivity index (χ4n) is 1.38. The average molecular weight is 276 g/mol. The molecule has 0 aliphatic heterocycles.